The SMILES string of the molecule is BC(O)(c1ccc(F)c(COc2cccc3c2CN(C(B)(C(=O)NC)C(B)(O)C(O)(O)C=O)C3=O)c1)N1CC(C)(C)OC(C)(C)C1. The summed E-state index contributed by atoms with van der Waals surface area (Å²) in [6.07, 6.45) is -0.322. The molecule has 5 N–H and O–H groups in total. The zero-order valence-corrected chi connectivity index (χ0v) is 27.5. The Kier molecular flexibility index (Phi) is 9.10. The molecule has 0 aromatic heterocycles. The summed E-state index contributed by atoms with van der Waals surface area (Å²) in [6, 6.07) is 8.83. The van der Waals surface area contributed by atoms with Crippen LogP contribution in [0.15, 0.2) is 36.4 Å². The van der Waals surface area contributed by atoms with Crippen molar-refractivity contribution in [3.8, 4) is 5.75 Å². The highest BCUT2D eigenvalue weighted by atomic mass is 19.1. The van der Waals surface area contributed by atoms with E-state index in [4.69, 9.17) is 9.47 Å². The number of amides is 2. The van der Waals surface area contributed by atoms with Gasteiger partial charge in [0.15, 0.2) is 29.8 Å². The number of nitrogens with zero attached hydrogens (tertiary/aromatic N) is 2. The Morgan fingerprint density at radius 3 is 2.26 bits per heavy atom. The largest absolute Gasteiger partial charge is 0.488 e. The van der Waals surface area contributed by atoms with Gasteiger partial charge in [0, 0.05) is 36.8 Å². The molecule has 1 saturated heterocycles. The molecule has 3 atom stereocenters. The van der Waals surface area contributed by atoms with Crippen molar-refractivity contribution in [3.63, 3.8) is 0 Å². The molecular formula is C30H41B3FN3O9. The first-order chi connectivity index (χ1) is 21.0. The van der Waals surface area contributed by atoms with Crippen molar-refractivity contribution < 1.29 is 48.7 Å². The molecule has 0 aliphatic carbocycles. The van der Waals surface area contributed by atoms with Gasteiger partial charge in [-0.1, -0.05) is 12.1 Å². The molecular weight excluding hydrogens is 598 g/mol. The average molecular weight is 639 g/mol. The van der Waals surface area contributed by atoms with E-state index < -0.39 is 51.2 Å². The van der Waals surface area contributed by atoms with Crippen LogP contribution in [0.25, 0.3) is 0 Å². The number of fused-ring (bicyclic) bond motifs is 1. The number of ether oxygens (including phenoxy) is 2. The van der Waals surface area contributed by atoms with Gasteiger partial charge in [-0.3, -0.25) is 19.3 Å². The van der Waals surface area contributed by atoms with Crippen LogP contribution in [0.1, 0.15) is 54.7 Å². The number of aldehydes is 1. The minimum atomic E-state index is -3.40. The fraction of sp³-hybridized carbons (Fsp3) is 0.500. The van der Waals surface area contributed by atoms with Crippen LogP contribution in [0.3, 0.4) is 0 Å². The first kappa shape index (κ1) is 35.6. The van der Waals surface area contributed by atoms with Gasteiger partial charge >= 0.3 is 0 Å². The number of benzene rings is 2. The molecule has 1 fully saturated rings. The van der Waals surface area contributed by atoms with Gasteiger partial charge in [-0.25, -0.2) is 4.39 Å². The van der Waals surface area contributed by atoms with Gasteiger partial charge in [0.05, 0.1) is 17.7 Å². The van der Waals surface area contributed by atoms with Crippen LogP contribution >= 0.6 is 0 Å². The first-order valence-corrected chi connectivity index (χ1v) is 14.9. The molecule has 16 heteroatoms. The van der Waals surface area contributed by atoms with Crippen LogP contribution < -0.4 is 10.1 Å². The molecule has 2 heterocycles. The number of rotatable bonds is 10. The topological polar surface area (TPSA) is 169 Å². The fourth-order valence-electron chi connectivity index (χ4n) is 6.54. The maximum absolute atomic E-state index is 15.1. The number of morpholine rings is 1. The van der Waals surface area contributed by atoms with Gasteiger partial charge in [-0.15, -0.1) is 0 Å². The molecule has 46 heavy (non-hydrogen) atoms. The summed E-state index contributed by atoms with van der Waals surface area (Å²) >= 11 is 0. The number of halogens is 1. The quantitative estimate of drug-likeness (QED) is 0.105. The molecule has 2 aromatic carbocycles. The van der Waals surface area contributed by atoms with Crippen molar-refractivity contribution in [1.29, 1.82) is 0 Å². The monoisotopic (exact) mass is 639 g/mol. The van der Waals surface area contributed by atoms with Gasteiger partial charge in [0.1, 0.15) is 34.7 Å². The van der Waals surface area contributed by atoms with E-state index in [1.165, 1.54) is 37.4 Å². The molecule has 4 rings (SSSR count). The summed E-state index contributed by atoms with van der Waals surface area (Å²) in [5.41, 5.74) is -6.80. The molecule has 3 unspecified atom stereocenters. The third-order valence-electron chi connectivity index (χ3n) is 9.25. The Morgan fingerprint density at radius 1 is 1.09 bits per heavy atom. The minimum Gasteiger partial charge on any atom is -0.488 e. The van der Waals surface area contributed by atoms with Gasteiger partial charge in [-0.2, -0.15) is 0 Å². The predicted octanol–water partition coefficient (Wildman–Crippen LogP) is -2.74. The maximum Gasteiger partial charge on any atom is 0.255 e. The Labute approximate surface area is 270 Å². The van der Waals surface area contributed by atoms with Crippen LogP contribution in [0.5, 0.6) is 5.75 Å². The zero-order chi connectivity index (χ0) is 34.7. The number of likely N-dealkylation sites (N-methyl/N-ethyl adjacent to an activating group) is 1. The van der Waals surface area contributed by atoms with E-state index >= 15 is 4.39 Å². The number of carbonyl (C=O) groups excluding carboxylic acids is 3. The molecule has 0 bridgehead atoms. The lowest BCUT2D eigenvalue weighted by atomic mass is 9.51. The van der Waals surface area contributed by atoms with Crippen LogP contribution in [0, 0.1) is 5.82 Å². The number of hydrogen-bond donors (Lipinski definition) is 5. The lowest BCUT2D eigenvalue weighted by Crippen LogP contribution is -2.79. The van der Waals surface area contributed by atoms with Crippen LogP contribution in [-0.4, -0.2) is 120 Å². The summed E-state index contributed by atoms with van der Waals surface area (Å²) in [5.74, 6) is -5.51. The maximum atomic E-state index is 15.1. The van der Waals surface area contributed by atoms with Crippen molar-refractivity contribution in [2.75, 3.05) is 20.1 Å². The Bertz CT molecular complexity index is 1540. The fourth-order valence-corrected chi connectivity index (χ4v) is 6.54. The van der Waals surface area contributed by atoms with E-state index in [1.54, 1.807) is 13.9 Å². The van der Waals surface area contributed by atoms with Gasteiger partial charge < -0.3 is 40.1 Å². The predicted molar refractivity (Wildman–Crippen MR) is 172 cm³/mol. The lowest BCUT2D eigenvalue weighted by Gasteiger charge is -2.52. The Hall–Kier alpha value is -3.27. The molecule has 0 radical (unpaired) electrons. The van der Waals surface area contributed by atoms with Crippen LogP contribution in [0.2, 0.25) is 0 Å². The highest BCUT2D eigenvalue weighted by molar-refractivity contribution is 6.38. The summed E-state index contributed by atoms with van der Waals surface area (Å²) in [5, 5.41) is 45.9. The molecule has 2 aliphatic heterocycles. The highest BCUT2D eigenvalue weighted by Gasteiger charge is 2.64. The van der Waals surface area contributed by atoms with Crippen molar-refractivity contribution in [2.45, 2.75) is 74.4 Å². The summed E-state index contributed by atoms with van der Waals surface area (Å²) in [4.78, 5) is 41.1. The van der Waals surface area contributed by atoms with Gasteiger partial charge in [0.2, 0.25) is 11.7 Å². The molecule has 246 valence electrons. The summed E-state index contributed by atoms with van der Waals surface area (Å²) in [6.45, 7) is 8.01. The molecule has 12 nitrogen and oxygen atoms in total. The second-order valence-electron chi connectivity index (χ2n) is 13.8. The Morgan fingerprint density at radius 2 is 1.70 bits per heavy atom. The summed E-state index contributed by atoms with van der Waals surface area (Å²) < 4.78 is 27.3. The number of aliphatic hydroxyl groups is 4. The molecule has 2 aliphatic rings. The third-order valence-corrected chi connectivity index (χ3v) is 9.25. The van der Waals surface area contributed by atoms with E-state index in [1.807, 2.05) is 32.6 Å². The van der Waals surface area contributed by atoms with E-state index in [2.05, 4.69) is 5.32 Å². The van der Waals surface area contributed by atoms with Crippen molar-refractivity contribution in [2.24, 2.45) is 0 Å². The smallest absolute Gasteiger partial charge is 0.255 e. The normalized spacial score (nSPS) is 21.8. The lowest BCUT2D eigenvalue weighted by molar-refractivity contribution is -0.240. The minimum absolute atomic E-state index is 0.103. The van der Waals surface area contributed by atoms with Crippen molar-refractivity contribution in [3.05, 3.63) is 64.5 Å². The number of nitrogens with one attached hydrogen (secondary N) is 1. The molecule has 0 spiro atoms. The van der Waals surface area contributed by atoms with Crippen LogP contribution in [-0.2, 0) is 33.1 Å². The molecule has 2 aromatic rings. The molecule has 2 amide bonds. The van der Waals surface area contributed by atoms with E-state index in [-0.39, 0.29) is 36.3 Å². The van der Waals surface area contributed by atoms with Gasteiger partial charge in [-0.05, 0) is 57.5 Å². The number of hydrogen-bond acceptors (Lipinski definition) is 10. The number of carbonyl (C=O) groups is 3. The molecule has 0 saturated carbocycles. The third kappa shape index (κ3) is 5.98. The Balaban J connectivity index is 1.64. The van der Waals surface area contributed by atoms with Crippen LogP contribution in [0.4, 0.5) is 4.39 Å². The van der Waals surface area contributed by atoms with E-state index in [9.17, 15) is 34.8 Å². The first-order valence-electron chi connectivity index (χ1n) is 14.9. The second kappa shape index (κ2) is 11.8. The van der Waals surface area contributed by atoms with E-state index in [0.717, 1.165) is 20.6 Å². The second-order valence-corrected chi connectivity index (χ2v) is 13.8. The van der Waals surface area contributed by atoms with Crippen molar-refractivity contribution in [1.82, 2.24) is 15.1 Å². The standard InChI is InChI=1S/C30H41B3FN3O9/c1-25(2)14-36(15-26(3,4)46-25)29(32,43)18-9-10-21(34)17(11-18)13-45-22-8-6-7-19-20(22)12-37(23(19)39)28(31,24(40)35-5)30(33,44)27(41,42)16-38/h6-11,16,41-44H,12-15,31-33H2,1-5H3,(H,35,40). The van der Waals surface area contributed by atoms with E-state index in [0.29, 0.717) is 24.2 Å². The van der Waals surface area contributed by atoms with Crippen molar-refractivity contribution >= 4 is 41.6 Å². The van der Waals surface area contributed by atoms with Gasteiger partial charge in [0.25, 0.3) is 5.91 Å². The summed E-state index contributed by atoms with van der Waals surface area (Å²) in [7, 11) is 4.86. The average Bonchev–Trinajstić information content (AvgIpc) is 3.31. The zero-order valence-electron chi connectivity index (χ0n) is 27.5. The highest BCUT2D eigenvalue weighted by Crippen LogP contribution is 2.40.